The lowest BCUT2D eigenvalue weighted by atomic mass is 10.2. The Labute approximate surface area is 64.4 Å². The van der Waals surface area contributed by atoms with E-state index in [2.05, 4.69) is 20.8 Å². The zero-order chi connectivity index (χ0) is 7.98. The van der Waals surface area contributed by atoms with Gasteiger partial charge in [-0.1, -0.05) is 20.3 Å². The molecule has 0 aromatic heterocycles. The Balaban J connectivity index is 3.31. The minimum absolute atomic E-state index is 0.534. The molecule has 2 nitrogen and oxygen atoms in total. The van der Waals surface area contributed by atoms with Crippen LogP contribution in [0.4, 0.5) is 0 Å². The molecule has 2 heteroatoms. The third-order valence-electron chi connectivity index (χ3n) is 1.93. The molecule has 0 fully saturated rings. The van der Waals surface area contributed by atoms with E-state index in [-0.39, 0.29) is 0 Å². The average Bonchev–Trinajstić information content (AvgIpc) is 1.98. The molecule has 0 saturated heterocycles. The summed E-state index contributed by atoms with van der Waals surface area (Å²) in [5.41, 5.74) is 0. The van der Waals surface area contributed by atoms with Crippen LogP contribution in [0.15, 0.2) is 0 Å². The Hall–Kier alpha value is -0.0800. The third kappa shape index (κ3) is 3.85. The number of unbranched alkanes of at least 4 members (excludes halogenated alkanes) is 1. The molecule has 0 spiro atoms. The molecule has 0 aromatic rings. The van der Waals surface area contributed by atoms with Gasteiger partial charge in [-0.2, -0.15) is 0 Å². The normalized spacial score (nSPS) is 14.1. The van der Waals surface area contributed by atoms with Crippen molar-refractivity contribution in [1.29, 1.82) is 0 Å². The summed E-state index contributed by atoms with van der Waals surface area (Å²) in [4.78, 5) is 0. The molecular formula is C8H20N2. The highest BCUT2D eigenvalue weighted by atomic mass is 15.4. The second-order valence-electron chi connectivity index (χ2n) is 2.85. The van der Waals surface area contributed by atoms with Gasteiger partial charge >= 0.3 is 0 Å². The summed E-state index contributed by atoms with van der Waals surface area (Å²) in [6.45, 7) is 7.54. The molecule has 0 bridgehead atoms. The highest BCUT2D eigenvalue weighted by Gasteiger charge is 2.04. The number of rotatable bonds is 5. The molecule has 0 amide bonds. The molecule has 0 aliphatic carbocycles. The standard InChI is InChI=1S/C8H20N2/c1-4-6-7-10(9)8(3)5-2/h8H,4-7,9H2,1-3H3. The summed E-state index contributed by atoms with van der Waals surface area (Å²) >= 11 is 0. The molecule has 62 valence electrons. The van der Waals surface area contributed by atoms with E-state index in [1.807, 2.05) is 5.01 Å². The van der Waals surface area contributed by atoms with E-state index < -0.39 is 0 Å². The van der Waals surface area contributed by atoms with E-state index in [9.17, 15) is 0 Å². The van der Waals surface area contributed by atoms with Crippen molar-refractivity contribution in [3.05, 3.63) is 0 Å². The van der Waals surface area contributed by atoms with E-state index in [1.54, 1.807) is 0 Å². The van der Waals surface area contributed by atoms with Crippen LogP contribution in [0.25, 0.3) is 0 Å². The Morgan fingerprint density at radius 1 is 1.40 bits per heavy atom. The predicted molar refractivity (Wildman–Crippen MR) is 45.6 cm³/mol. The van der Waals surface area contributed by atoms with Gasteiger partial charge in [0, 0.05) is 12.6 Å². The van der Waals surface area contributed by atoms with Crippen molar-refractivity contribution in [3.8, 4) is 0 Å². The first-order valence-corrected chi connectivity index (χ1v) is 4.23. The molecule has 0 aliphatic rings. The van der Waals surface area contributed by atoms with Crippen molar-refractivity contribution >= 4 is 0 Å². The van der Waals surface area contributed by atoms with E-state index >= 15 is 0 Å². The van der Waals surface area contributed by atoms with Crippen LogP contribution in [-0.4, -0.2) is 17.6 Å². The highest BCUT2D eigenvalue weighted by Crippen LogP contribution is 1.98. The number of hydrazine groups is 1. The first-order chi connectivity index (χ1) is 4.72. The molecule has 1 atom stereocenters. The molecule has 0 aliphatic heterocycles. The van der Waals surface area contributed by atoms with E-state index in [1.165, 1.54) is 12.8 Å². The summed E-state index contributed by atoms with van der Waals surface area (Å²) < 4.78 is 0. The van der Waals surface area contributed by atoms with E-state index in [0.29, 0.717) is 6.04 Å². The molecule has 0 aromatic carbocycles. The van der Waals surface area contributed by atoms with Gasteiger partial charge in [-0.05, 0) is 19.8 Å². The quantitative estimate of drug-likeness (QED) is 0.470. The van der Waals surface area contributed by atoms with Gasteiger partial charge in [-0.25, -0.2) is 5.01 Å². The fourth-order valence-electron chi connectivity index (χ4n) is 0.796. The topological polar surface area (TPSA) is 29.3 Å². The minimum Gasteiger partial charge on any atom is -0.269 e. The Bertz CT molecular complexity index is 73.7. The van der Waals surface area contributed by atoms with Crippen molar-refractivity contribution in [2.45, 2.75) is 46.1 Å². The smallest absolute Gasteiger partial charge is 0.0210 e. The lowest BCUT2D eigenvalue weighted by molar-refractivity contribution is 0.206. The summed E-state index contributed by atoms with van der Waals surface area (Å²) in [7, 11) is 0. The summed E-state index contributed by atoms with van der Waals surface area (Å²) in [5, 5.41) is 1.93. The van der Waals surface area contributed by atoms with Gasteiger partial charge in [0.25, 0.3) is 0 Å². The van der Waals surface area contributed by atoms with Crippen molar-refractivity contribution in [2.24, 2.45) is 5.84 Å². The number of nitrogens with two attached hydrogens (primary N) is 1. The summed E-state index contributed by atoms with van der Waals surface area (Å²) in [6, 6.07) is 0.534. The number of hydrogen-bond donors (Lipinski definition) is 1. The average molecular weight is 144 g/mol. The zero-order valence-electron chi connectivity index (χ0n) is 7.43. The predicted octanol–water partition coefficient (Wildman–Crippen LogP) is 1.76. The van der Waals surface area contributed by atoms with E-state index in [0.717, 1.165) is 13.0 Å². The Kier molecular flexibility index (Phi) is 5.64. The maximum absolute atomic E-state index is 5.75. The van der Waals surface area contributed by atoms with Gasteiger partial charge in [0.15, 0.2) is 0 Å². The van der Waals surface area contributed by atoms with Crippen LogP contribution in [0.2, 0.25) is 0 Å². The van der Waals surface area contributed by atoms with Crippen molar-refractivity contribution in [2.75, 3.05) is 6.54 Å². The van der Waals surface area contributed by atoms with Crippen LogP contribution >= 0.6 is 0 Å². The summed E-state index contributed by atoms with van der Waals surface area (Å²) in [6.07, 6.45) is 3.57. The Morgan fingerprint density at radius 3 is 2.40 bits per heavy atom. The number of hydrogen-bond acceptors (Lipinski definition) is 2. The van der Waals surface area contributed by atoms with Crippen LogP contribution in [0.5, 0.6) is 0 Å². The molecule has 1 unspecified atom stereocenters. The van der Waals surface area contributed by atoms with Crippen molar-refractivity contribution in [3.63, 3.8) is 0 Å². The van der Waals surface area contributed by atoms with Crippen LogP contribution in [0, 0.1) is 0 Å². The van der Waals surface area contributed by atoms with Gasteiger partial charge in [-0.3, -0.25) is 5.84 Å². The van der Waals surface area contributed by atoms with Gasteiger partial charge in [0.2, 0.25) is 0 Å². The number of nitrogens with zero attached hydrogens (tertiary/aromatic N) is 1. The first kappa shape index (κ1) is 9.92. The van der Waals surface area contributed by atoms with Crippen LogP contribution in [0.1, 0.15) is 40.0 Å². The van der Waals surface area contributed by atoms with Gasteiger partial charge in [0.05, 0.1) is 0 Å². The van der Waals surface area contributed by atoms with Crippen LogP contribution < -0.4 is 5.84 Å². The van der Waals surface area contributed by atoms with Gasteiger partial charge in [-0.15, -0.1) is 0 Å². The molecule has 10 heavy (non-hydrogen) atoms. The molecular weight excluding hydrogens is 124 g/mol. The molecule has 0 rings (SSSR count). The summed E-state index contributed by atoms with van der Waals surface area (Å²) in [5.74, 6) is 5.75. The second-order valence-corrected chi connectivity index (χ2v) is 2.85. The highest BCUT2D eigenvalue weighted by molar-refractivity contribution is 4.57. The molecule has 0 radical (unpaired) electrons. The lowest BCUT2D eigenvalue weighted by Crippen LogP contribution is -2.39. The zero-order valence-corrected chi connectivity index (χ0v) is 7.43. The minimum atomic E-state index is 0.534. The van der Waals surface area contributed by atoms with Crippen LogP contribution in [0.3, 0.4) is 0 Å². The van der Waals surface area contributed by atoms with Gasteiger partial charge < -0.3 is 0 Å². The fourth-order valence-corrected chi connectivity index (χ4v) is 0.796. The van der Waals surface area contributed by atoms with Gasteiger partial charge in [0.1, 0.15) is 0 Å². The first-order valence-electron chi connectivity index (χ1n) is 4.23. The maximum atomic E-state index is 5.75. The largest absolute Gasteiger partial charge is 0.269 e. The molecule has 2 N–H and O–H groups in total. The molecule has 0 saturated carbocycles. The lowest BCUT2D eigenvalue weighted by Gasteiger charge is -2.22. The monoisotopic (exact) mass is 144 g/mol. The van der Waals surface area contributed by atoms with Crippen molar-refractivity contribution < 1.29 is 0 Å². The molecule has 0 heterocycles. The van der Waals surface area contributed by atoms with E-state index in [4.69, 9.17) is 5.84 Å². The SMILES string of the molecule is CCCCN(N)C(C)CC. The maximum Gasteiger partial charge on any atom is 0.0210 e. The third-order valence-corrected chi connectivity index (χ3v) is 1.93. The second kappa shape index (κ2) is 5.69. The van der Waals surface area contributed by atoms with Crippen molar-refractivity contribution in [1.82, 2.24) is 5.01 Å². The Morgan fingerprint density at radius 2 is 2.00 bits per heavy atom. The fraction of sp³-hybridized carbons (Fsp3) is 1.00. The van der Waals surface area contributed by atoms with Crippen LogP contribution in [-0.2, 0) is 0 Å².